The lowest BCUT2D eigenvalue weighted by Crippen LogP contribution is -2.35. The lowest BCUT2D eigenvalue weighted by Gasteiger charge is -2.21. The van der Waals surface area contributed by atoms with Gasteiger partial charge in [-0.2, -0.15) is 0 Å². The Bertz CT molecular complexity index is 471. The summed E-state index contributed by atoms with van der Waals surface area (Å²) in [5, 5.41) is 3.92. The maximum atomic E-state index is 13.3. The van der Waals surface area contributed by atoms with Gasteiger partial charge in [0.15, 0.2) is 0 Å². The van der Waals surface area contributed by atoms with Gasteiger partial charge in [-0.3, -0.25) is 9.69 Å². The van der Waals surface area contributed by atoms with E-state index in [4.69, 9.17) is 0 Å². The molecule has 1 rings (SSSR count). The molecule has 124 valence electrons. The number of alkyl halides is 1. The van der Waals surface area contributed by atoms with Gasteiger partial charge in [0.2, 0.25) is 5.91 Å². The molecular formula is C17H26BrFN2O. The molecular weight excluding hydrogens is 347 g/mol. The number of rotatable bonds is 9. The maximum absolute atomic E-state index is 13.3. The monoisotopic (exact) mass is 372 g/mol. The van der Waals surface area contributed by atoms with Crippen molar-refractivity contribution in [3.63, 3.8) is 0 Å². The Balaban J connectivity index is 2.63. The van der Waals surface area contributed by atoms with E-state index in [1.165, 1.54) is 12.1 Å². The Hall–Kier alpha value is -0.940. The molecule has 0 radical (unpaired) electrons. The third-order valence-electron chi connectivity index (χ3n) is 3.53. The summed E-state index contributed by atoms with van der Waals surface area (Å²) in [6.07, 6.45) is 3.21. The third kappa shape index (κ3) is 6.44. The van der Waals surface area contributed by atoms with E-state index in [0.29, 0.717) is 6.54 Å². The van der Waals surface area contributed by atoms with Crippen LogP contribution < -0.4 is 5.32 Å². The highest BCUT2D eigenvalue weighted by molar-refractivity contribution is 9.09. The largest absolute Gasteiger partial charge is 0.324 e. The number of benzene rings is 1. The fourth-order valence-corrected chi connectivity index (χ4v) is 2.90. The first-order valence-electron chi connectivity index (χ1n) is 7.82. The summed E-state index contributed by atoms with van der Waals surface area (Å²) in [5.41, 5.74) is 2.24. The van der Waals surface area contributed by atoms with Crippen LogP contribution in [0.4, 0.5) is 10.1 Å². The van der Waals surface area contributed by atoms with Crippen molar-refractivity contribution in [1.29, 1.82) is 0 Å². The zero-order valence-corrected chi connectivity index (χ0v) is 15.3. The number of anilines is 1. The van der Waals surface area contributed by atoms with Gasteiger partial charge in [-0.25, -0.2) is 4.39 Å². The lowest BCUT2D eigenvalue weighted by atomic mass is 10.1. The first-order chi connectivity index (χ1) is 10.5. The molecule has 0 bridgehead atoms. The van der Waals surface area contributed by atoms with Crippen LogP contribution in [-0.4, -0.2) is 35.8 Å². The average Bonchev–Trinajstić information content (AvgIpc) is 2.43. The summed E-state index contributed by atoms with van der Waals surface area (Å²) in [6.45, 7) is 7.96. The molecule has 0 saturated heterocycles. The molecule has 0 spiro atoms. The number of carbonyl (C=O) groups excluding carboxylic acids is 1. The number of aryl methyl sites for hydroxylation is 2. The van der Waals surface area contributed by atoms with E-state index >= 15 is 0 Å². The Morgan fingerprint density at radius 2 is 1.86 bits per heavy atom. The number of amides is 1. The SMILES string of the molecule is CCCN(CCCCBr)CC(=O)Nc1c(C)cc(F)cc1C. The van der Waals surface area contributed by atoms with E-state index in [-0.39, 0.29) is 11.7 Å². The van der Waals surface area contributed by atoms with Crippen LogP contribution in [0.1, 0.15) is 37.3 Å². The zero-order valence-electron chi connectivity index (χ0n) is 13.7. The molecule has 22 heavy (non-hydrogen) atoms. The van der Waals surface area contributed by atoms with Crippen LogP contribution in [0, 0.1) is 19.7 Å². The number of carbonyl (C=O) groups is 1. The third-order valence-corrected chi connectivity index (χ3v) is 4.09. The minimum absolute atomic E-state index is 0.0369. The van der Waals surface area contributed by atoms with E-state index in [0.717, 1.165) is 54.5 Å². The van der Waals surface area contributed by atoms with Gasteiger partial charge in [0, 0.05) is 11.0 Å². The number of halogens is 2. The number of nitrogens with zero attached hydrogens (tertiary/aromatic N) is 1. The molecule has 1 amide bonds. The highest BCUT2D eigenvalue weighted by Gasteiger charge is 2.13. The molecule has 0 fully saturated rings. The number of hydrogen-bond acceptors (Lipinski definition) is 2. The minimum atomic E-state index is -0.268. The summed E-state index contributed by atoms with van der Waals surface area (Å²) in [4.78, 5) is 14.4. The van der Waals surface area contributed by atoms with Crippen LogP contribution in [0.5, 0.6) is 0 Å². The van der Waals surface area contributed by atoms with Gasteiger partial charge in [-0.1, -0.05) is 22.9 Å². The van der Waals surface area contributed by atoms with E-state index < -0.39 is 0 Å². The molecule has 1 aromatic rings. The van der Waals surface area contributed by atoms with Crippen LogP contribution in [0.2, 0.25) is 0 Å². The van der Waals surface area contributed by atoms with Crippen molar-refractivity contribution in [2.45, 2.75) is 40.0 Å². The van der Waals surface area contributed by atoms with Crippen LogP contribution >= 0.6 is 15.9 Å². The van der Waals surface area contributed by atoms with Gasteiger partial charge < -0.3 is 5.32 Å². The van der Waals surface area contributed by atoms with E-state index in [1.807, 2.05) is 13.8 Å². The summed E-state index contributed by atoms with van der Waals surface area (Å²) in [5.74, 6) is -0.305. The number of nitrogens with one attached hydrogen (secondary N) is 1. The highest BCUT2D eigenvalue weighted by Crippen LogP contribution is 2.21. The Kier molecular flexibility index (Phi) is 8.64. The maximum Gasteiger partial charge on any atom is 0.238 e. The number of hydrogen-bond donors (Lipinski definition) is 1. The topological polar surface area (TPSA) is 32.3 Å². The molecule has 0 heterocycles. The molecule has 0 aliphatic heterocycles. The van der Waals surface area contributed by atoms with E-state index in [1.54, 1.807) is 0 Å². The Labute approximate surface area is 141 Å². The van der Waals surface area contributed by atoms with Gasteiger partial charge in [-0.05, 0) is 69.5 Å². The molecule has 0 atom stereocenters. The second kappa shape index (κ2) is 9.95. The molecule has 0 aliphatic carbocycles. The second-order valence-electron chi connectivity index (χ2n) is 5.63. The zero-order chi connectivity index (χ0) is 16.5. The summed E-state index contributed by atoms with van der Waals surface area (Å²) in [6, 6.07) is 2.89. The standard InChI is InChI=1S/C17H26BrFN2O/c1-4-8-21(9-6-5-7-18)12-16(22)20-17-13(2)10-15(19)11-14(17)3/h10-11H,4-9,12H2,1-3H3,(H,20,22). The molecule has 0 aliphatic rings. The summed E-state index contributed by atoms with van der Waals surface area (Å²) >= 11 is 3.43. The van der Waals surface area contributed by atoms with Crippen LogP contribution in [-0.2, 0) is 4.79 Å². The van der Waals surface area contributed by atoms with Gasteiger partial charge in [0.25, 0.3) is 0 Å². The fraction of sp³-hybridized carbons (Fsp3) is 0.588. The predicted molar refractivity (Wildman–Crippen MR) is 94.3 cm³/mol. The minimum Gasteiger partial charge on any atom is -0.324 e. The van der Waals surface area contributed by atoms with Crippen LogP contribution in [0.15, 0.2) is 12.1 Å². The van der Waals surface area contributed by atoms with Crippen molar-refractivity contribution in [1.82, 2.24) is 4.90 Å². The predicted octanol–water partition coefficient (Wildman–Crippen LogP) is 4.27. The quantitative estimate of drug-likeness (QED) is 0.518. The molecule has 3 nitrogen and oxygen atoms in total. The highest BCUT2D eigenvalue weighted by atomic mass is 79.9. The van der Waals surface area contributed by atoms with Gasteiger partial charge in [-0.15, -0.1) is 0 Å². The van der Waals surface area contributed by atoms with Crippen molar-refractivity contribution in [2.75, 3.05) is 30.3 Å². The Morgan fingerprint density at radius 1 is 1.23 bits per heavy atom. The van der Waals surface area contributed by atoms with Gasteiger partial charge in [0.05, 0.1) is 6.54 Å². The van der Waals surface area contributed by atoms with Crippen molar-refractivity contribution in [2.24, 2.45) is 0 Å². The molecule has 1 aromatic carbocycles. The smallest absolute Gasteiger partial charge is 0.238 e. The normalized spacial score (nSPS) is 11.0. The second-order valence-corrected chi connectivity index (χ2v) is 6.43. The molecule has 5 heteroatoms. The first-order valence-corrected chi connectivity index (χ1v) is 8.95. The van der Waals surface area contributed by atoms with Crippen molar-refractivity contribution in [3.8, 4) is 0 Å². The average molecular weight is 373 g/mol. The van der Waals surface area contributed by atoms with Crippen molar-refractivity contribution >= 4 is 27.5 Å². The number of unbranched alkanes of at least 4 members (excludes halogenated alkanes) is 1. The molecule has 1 N–H and O–H groups in total. The van der Waals surface area contributed by atoms with Crippen molar-refractivity contribution in [3.05, 3.63) is 29.1 Å². The lowest BCUT2D eigenvalue weighted by molar-refractivity contribution is -0.117. The molecule has 0 saturated carbocycles. The van der Waals surface area contributed by atoms with Gasteiger partial charge in [0.1, 0.15) is 5.82 Å². The summed E-state index contributed by atoms with van der Waals surface area (Å²) in [7, 11) is 0. The molecule has 0 unspecified atom stereocenters. The summed E-state index contributed by atoms with van der Waals surface area (Å²) < 4.78 is 13.3. The van der Waals surface area contributed by atoms with E-state index in [9.17, 15) is 9.18 Å². The van der Waals surface area contributed by atoms with Crippen LogP contribution in [0.3, 0.4) is 0 Å². The first kappa shape index (κ1) is 19.1. The fourth-order valence-electron chi connectivity index (χ4n) is 2.51. The molecule has 0 aromatic heterocycles. The Morgan fingerprint density at radius 3 is 2.41 bits per heavy atom. The van der Waals surface area contributed by atoms with Crippen LogP contribution in [0.25, 0.3) is 0 Å². The van der Waals surface area contributed by atoms with E-state index in [2.05, 4.69) is 33.1 Å². The van der Waals surface area contributed by atoms with Gasteiger partial charge >= 0.3 is 0 Å². The van der Waals surface area contributed by atoms with Crippen molar-refractivity contribution < 1.29 is 9.18 Å².